The van der Waals surface area contributed by atoms with Crippen LogP contribution in [-0.2, 0) is 12.8 Å². The summed E-state index contributed by atoms with van der Waals surface area (Å²) in [6.45, 7) is 4.55. The predicted molar refractivity (Wildman–Crippen MR) is 173 cm³/mol. The Morgan fingerprint density at radius 1 is 0.450 bits per heavy atom. The lowest BCUT2D eigenvalue weighted by Crippen LogP contribution is -1.85. The first-order valence-corrected chi connectivity index (χ1v) is 15.8. The second-order valence-corrected chi connectivity index (χ2v) is 11.5. The van der Waals surface area contributed by atoms with Crippen LogP contribution in [-0.4, -0.2) is 19.9 Å². The fraction of sp³-hybridized carbons (Fsp3) is 0.444. The molecular weight excluding hydrogens is 488 g/mol. The van der Waals surface area contributed by atoms with Crippen LogP contribution in [0.5, 0.6) is 0 Å². The largest absolute Gasteiger partial charge is 0.355 e. The molecule has 0 aliphatic carbocycles. The van der Waals surface area contributed by atoms with Gasteiger partial charge in [-0.1, -0.05) is 78.1 Å². The van der Waals surface area contributed by atoms with E-state index in [0.717, 1.165) is 46.7 Å². The second-order valence-electron chi connectivity index (χ2n) is 11.5. The number of fused-ring (bicyclic) bond motifs is 8. The van der Waals surface area contributed by atoms with E-state index in [9.17, 15) is 0 Å². The zero-order chi connectivity index (χ0) is 27.6. The average Bonchev–Trinajstić information content (AvgIpc) is 3.73. The topological polar surface area (TPSA) is 57.4 Å². The predicted octanol–water partition coefficient (Wildman–Crippen LogP) is 10.5. The Balaban J connectivity index is 1.47. The Morgan fingerprint density at radius 2 is 0.825 bits per heavy atom. The van der Waals surface area contributed by atoms with E-state index in [1.807, 2.05) is 0 Å². The standard InChI is InChI=1S/C36H46N4/c1-3-5-7-9-11-13-15-27-21-33-23-29-18-20-32(38-29)26-36-28(16-14-12-10-8-6-4-2)22-34(40-36)24-30-17-19-31(37-30)25-35(27)39-33/h17-26,39-40H,3-16H2,1-2H3. The minimum Gasteiger partial charge on any atom is -0.355 e. The van der Waals surface area contributed by atoms with Gasteiger partial charge in [-0.15, -0.1) is 0 Å². The van der Waals surface area contributed by atoms with Crippen LogP contribution in [0.3, 0.4) is 0 Å². The van der Waals surface area contributed by atoms with Crippen molar-refractivity contribution in [3.05, 3.63) is 70.3 Å². The summed E-state index contributed by atoms with van der Waals surface area (Å²) in [5.74, 6) is 0. The summed E-state index contributed by atoms with van der Waals surface area (Å²) in [5, 5.41) is 0. The number of aromatic nitrogens is 4. The number of H-pyrrole nitrogens is 2. The van der Waals surface area contributed by atoms with Gasteiger partial charge in [-0.25, -0.2) is 9.97 Å². The molecule has 2 N–H and O–H groups in total. The third-order valence-corrected chi connectivity index (χ3v) is 8.07. The van der Waals surface area contributed by atoms with E-state index < -0.39 is 0 Å². The third kappa shape index (κ3) is 7.84. The summed E-state index contributed by atoms with van der Waals surface area (Å²) in [7, 11) is 0. The molecule has 3 aromatic rings. The van der Waals surface area contributed by atoms with E-state index in [-0.39, 0.29) is 0 Å². The number of aromatic amines is 2. The molecule has 3 aromatic heterocycles. The maximum Gasteiger partial charge on any atom is 0.0658 e. The molecule has 5 heterocycles. The van der Waals surface area contributed by atoms with Crippen LogP contribution in [0, 0.1) is 0 Å². The highest BCUT2D eigenvalue weighted by atomic mass is 14.8. The van der Waals surface area contributed by atoms with Gasteiger partial charge in [0.25, 0.3) is 0 Å². The van der Waals surface area contributed by atoms with Gasteiger partial charge in [-0.05, 0) is 97.5 Å². The van der Waals surface area contributed by atoms with Crippen molar-refractivity contribution in [2.45, 2.75) is 104 Å². The van der Waals surface area contributed by atoms with Crippen LogP contribution in [0.4, 0.5) is 0 Å². The average molecular weight is 535 g/mol. The van der Waals surface area contributed by atoms with Crippen molar-refractivity contribution >= 4 is 46.4 Å². The summed E-state index contributed by atoms with van der Waals surface area (Å²) < 4.78 is 0. The Hall–Kier alpha value is -3.40. The SMILES string of the molecule is CCCCCCCCc1cc2cc3nc(cc4[nH]c(cc5nc(cc1[nH]2)C=C5)cc4CCCCCCCC)C=C3. The molecule has 5 rings (SSSR count). The van der Waals surface area contributed by atoms with Crippen LogP contribution in [0.15, 0.2) is 36.4 Å². The van der Waals surface area contributed by atoms with Crippen molar-refractivity contribution in [1.29, 1.82) is 0 Å². The van der Waals surface area contributed by atoms with Crippen LogP contribution in [0.25, 0.3) is 46.4 Å². The Kier molecular flexibility index (Phi) is 10.1. The molecule has 2 aliphatic rings. The fourth-order valence-electron chi connectivity index (χ4n) is 5.82. The van der Waals surface area contributed by atoms with E-state index in [4.69, 9.17) is 9.97 Å². The molecule has 0 saturated heterocycles. The third-order valence-electron chi connectivity index (χ3n) is 8.07. The number of aryl methyl sites for hydroxylation is 2. The van der Waals surface area contributed by atoms with Gasteiger partial charge in [0.1, 0.15) is 0 Å². The second kappa shape index (κ2) is 14.3. The molecule has 0 saturated carbocycles. The minimum absolute atomic E-state index is 0.988. The van der Waals surface area contributed by atoms with Crippen LogP contribution in [0.1, 0.15) is 125 Å². The molecule has 4 heteroatoms. The molecule has 0 aromatic carbocycles. The molecule has 0 fully saturated rings. The molecule has 4 nitrogen and oxygen atoms in total. The highest BCUT2D eigenvalue weighted by Gasteiger charge is 2.07. The molecule has 0 radical (unpaired) electrons. The molecule has 0 atom stereocenters. The summed E-state index contributed by atoms with van der Waals surface area (Å²) >= 11 is 0. The first-order chi connectivity index (χ1) is 19.7. The summed E-state index contributed by atoms with van der Waals surface area (Å²) in [5.41, 5.74) is 11.2. The Morgan fingerprint density at radius 3 is 1.25 bits per heavy atom. The number of unbranched alkanes of at least 4 members (excludes halogenated alkanes) is 10. The van der Waals surface area contributed by atoms with Gasteiger partial charge >= 0.3 is 0 Å². The summed E-state index contributed by atoms with van der Waals surface area (Å²) in [4.78, 5) is 17.2. The van der Waals surface area contributed by atoms with Gasteiger partial charge in [0.2, 0.25) is 0 Å². The summed E-state index contributed by atoms with van der Waals surface area (Å²) in [6, 6.07) is 13.4. The van der Waals surface area contributed by atoms with Gasteiger partial charge in [-0.3, -0.25) is 0 Å². The highest BCUT2D eigenvalue weighted by molar-refractivity contribution is 5.79. The Bertz CT molecular complexity index is 1370. The van der Waals surface area contributed by atoms with Gasteiger partial charge in [0.15, 0.2) is 0 Å². The number of rotatable bonds is 14. The maximum atomic E-state index is 4.94. The molecule has 8 bridgehead atoms. The van der Waals surface area contributed by atoms with Gasteiger partial charge in [-0.2, -0.15) is 0 Å². The molecular formula is C36H46N4. The first-order valence-electron chi connectivity index (χ1n) is 15.8. The van der Waals surface area contributed by atoms with Gasteiger partial charge in [0.05, 0.1) is 22.8 Å². The summed E-state index contributed by atoms with van der Waals surface area (Å²) in [6.07, 6.45) is 26.3. The molecule has 2 aliphatic heterocycles. The van der Waals surface area contributed by atoms with Crippen LogP contribution in [0.2, 0.25) is 0 Å². The van der Waals surface area contributed by atoms with Gasteiger partial charge in [0, 0.05) is 22.1 Å². The number of nitrogens with one attached hydrogen (secondary N) is 2. The highest BCUT2D eigenvalue weighted by Crippen LogP contribution is 2.23. The smallest absolute Gasteiger partial charge is 0.0658 e. The van der Waals surface area contributed by atoms with Crippen LogP contribution >= 0.6 is 0 Å². The number of hydrogen-bond donors (Lipinski definition) is 2. The lowest BCUT2D eigenvalue weighted by Gasteiger charge is -2.00. The Labute approximate surface area is 240 Å². The van der Waals surface area contributed by atoms with Crippen LogP contribution < -0.4 is 0 Å². The van der Waals surface area contributed by atoms with Gasteiger partial charge < -0.3 is 9.97 Å². The number of nitrogens with zero attached hydrogens (tertiary/aromatic N) is 2. The van der Waals surface area contributed by atoms with E-state index >= 15 is 0 Å². The van der Waals surface area contributed by atoms with Crippen molar-refractivity contribution in [3.8, 4) is 0 Å². The van der Waals surface area contributed by atoms with Crippen molar-refractivity contribution in [2.75, 3.05) is 0 Å². The lowest BCUT2D eigenvalue weighted by molar-refractivity contribution is 0.608. The van der Waals surface area contributed by atoms with E-state index in [2.05, 4.69) is 84.5 Å². The van der Waals surface area contributed by atoms with Crippen molar-refractivity contribution in [2.24, 2.45) is 0 Å². The minimum atomic E-state index is 0.988. The molecule has 0 amide bonds. The zero-order valence-corrected chi connectivity index (χ0v) is 24.6. The van der Waals surface area contributed by atoms with E-state index in [1.165, 1.54) is 99.2 Å². The number of hydrogen-bond acceptors (Lipinski definition) is 2. The molecule has 0 unspecified atom stereocenters. The maximum absolute atomic E-state index is 4.94. The normalized spacial score (nSPS) is 12.4. The van der Waals surface area contributed by atoms with Crippen molar-refractivity contribution in [1.82, 2.24) is 19.9 Å². The molecule has 40 heavy (non-hydrogen) atoms. The quantitative estimate of drug-likeness (QED) is 0.139. The monoisotopic (exact) mass is 534 g/mol. The lowest BCUT2D eigenvalue weighted by atomic mass is 10.1. The molecule has 0 spiro atoms. The van der Waals surface area contributed by atoms with E-state index in [1.54, 1.807) is 0 Å². The zero-order valence-electron chi connectivity index (χ0n) is 24.6. The molecule has 210 valence electrons. The van der Waals surface area contributed by atoms with Crippen molar-refractivity contribution in [3.63, 3.8) is 0 Å². The van der Waals surface area contributed by atoms with E-state index in [0.29, 0.717) is 0 Å². The fourth-order valence-corrected chi connectivity index (χ4v) is 5.82. The van der Waals surface area contributed by atoms with Crippen molar-refractivity contribution < 1.29 is 0 Å². The first kappa shape index (κ1) is 28.1.